The number of allylic oxidation sites excluding steroid dienone is 1. The minimum Gasteiger partial charge on any atom is -0.325 e. The molecule has 2 heterocycles. The first-order valence-electron chi connectivity index (χ1n) is 10.5. The summed E-state index contributed by atoms with van der Waals surface area (Å²) >= 11 is 6.13. The summed E-state index contributed by atoms with van der Waals surface area (Å²) in [5.74, 6) is 0.321. The first kappa shape index (κ1) is 20.9. The number of hydrogen-bond acceptors (Lipinski definition) is 5. The summed E-state index contributed by atoms with van der Waals surface area (Å²) in [4.78, 5) is 14.8. The zero-order valence-electron chi connectivity index (χ0n) is 17.9. The minimum atomic E-state index is -0.210. The molecule has 0 spiro atoms. The van der Waals surface area contributed by atoms with Gasteiger partial charge in [0.25, 0.3) is 5.95 Å². The normalized spacial score (nSPS) is 15.0. The van der Waals surface area contributed by atoms with Gasteiger partial charge in [0.2, 0.25) is 5.91 Å². The number of carbonyl (C=O) groups excluding carboxylic acids is 1. The number of rotatable bonds is 5. The second-order valence-corrected chi connectivity index (χ2v) is 8.27. The van der Waals surface area contributed by atoms with E-state index in [9.17, 15) is 4.79 Å². The van der Waals surface area contributed by atoms with Crippen molar-refractivity contribution in [2.75, 3.05) is 16.8 Å². The molecule has 3 aromatic carbocycles. The number of hydrogen-bond donors (Lipinski definition) is 1. The summed E-state index contributed by atoms with van der Waals surface area (Å²) in [6.07, 6.45) is 2.07. The Kier molecular flexibility index (Phi) is 5.62. The first-order valence-corrected chi connectivity index (χ1v) is 10.9. The predicted octanol–water partition coefficient (Wildman–Crippen LogP) is 4.72. The quantitative estimate of drug-likeness (QED) is 0.470. The number of nitrogens with one attached hydrogen (secondary N) is 1. The minimum absolute atomic E-state index is 0.0459. The summed E-state index contributed by atoms with van der Waals surface area (Å²) in [5, 5.41) is 16.0. The van der Waals surface area contributed by atoms with Gasteiger partial charge in [-0.25, -0.2) is 0 Å². The van der Waals surface area contributed by atoms with Crippen LogP contribution in [0.15, 0.2) is 84.9 Å². The lowest BCUT2D eigenvalue weighted by atomic mass is 10.0. The monoisotopic (exact) mass is 456 g/mol. The van der Waals surface area contributed by atoms with Crippen molar-refractivity contribution < 1.29 is 4.79 Å². The highest BCUT2D eigenvalue weighted by atomic mass is 35.5. The van der Waals surface area contributed by atoms with Gasteiger partial charge in [-0.15, -0.1) is 0 Å². The molecule has 0 saturated heterocycles. The molecule has 0 saturated carbocycles. The third-order valence-corrected chi connectivity index (χ3v) is 5.76. The molecule has 1 aliphatic heterocycles. The average Bonchev–Trinajstić information content (AvgIpc) is 3.32. The molecule has 0 unspecified atom stereocenters. The van der Waals surface area contributed by atoms with E-state index < -0.39 is 0 Å². The zero-order valence-corrected chi connectivity index (χ0v) is 18.6. The number of carbonyl (C=O) groups is 1. The van der Waals surface area contributed by atoms with Gasteiger partial charge in [0.15, 0.2) is 0 Å². The molecule has 0 fully saturated rings. The number of tetrazole rings is 1. The topological polar surface area (TPSA) is 75.9 Å². The molecule has 7 nitrogen and oxygen atoms in total. The molecule has 0 radical (unpaired) electrons. The number of halogens is 1. The number of benzene rings is 3. The van der Waals surface area contributed by atoms with Crippen molar-refractivity contribution in [1.82, 2.24) is 20.2 Å². The van der Waals surface area contributed by atoms with Crippen LogP contribution in [0, 0.1) is 6.92 Å². The van der Waals surface area contributed by atoms with E-state index in [2.05, 4.69) is 26.9 Å². The summed E-state index contributed by atoms with van der Waals surface area (Å²) in [6.45, 7) is 2.05. The van der Waals surface area contributed by atoms with Crippen molar-refractivity contribution in [1.29, 1.82) is 0 Å². The van der Waals surface area contributed by atoms with Gasteiger partial charge in [-0.1, -0.05) is 76.9 Å². The molecule has 0 bridgehead atoms. The largest absolute Gasteiger partial charge is 0.325 e. The number of amides is 1. The van der Waals surface area contributed by atoms with Gasteiger partial charge in [-0.3, -0.25) is 9.69 Å². The number of fused-ring (bicyclic) bond motifs is 1. The molecule has 1 amide bonds. The van der Waals surface area contributed by atoms with E-state index in [1.165, 1.54) is 0 Å². The van der Waals surface area contributed by atoms with Crippen molar-refractivity contribution in [3.63, 3.8) is 0 Å². The number of anilines is 2. The lowest BCUT2D eigenvalue weighted by Gasteiger charge is -2.32. The van der Waals surface area contributed by atoms with Crippen molar-refractivity contribution in [3.8, 4) is 0 Å². The van der Waals surface area contributed by atoms with E-state index in [1.54, 1.807) is 4.68 Å². The number of aryl methyl sites for hydroxylation is 1. The van der Waals surface area contributed by atoms with Crippen LogP contribution >= 0.6 is 11.6 Å². The Balaban J connectivity index is 1.52. The van der Waals surface area contributed by atoms with E-state index in [0.717, 1.165) is 28.1 Å². The van der Waals surface area contributed by atoms with Gasteiger partial charge in [-0.05, 0) is 58.8 Å². The summed E-state index contributed by atoms with van der Waals surface area (Å²) < 4.78 is 1.73. The Labute approximate surface area is 196 Å². The molecule has 4 aromatic rings. The molecule has 0 aliphatic carbocycles. The predicted molar refractivity (Wildman–Crippen MR) is 129 cm³/mol. The van der Waals surface area contributed by atoms with E-state index in [4.69, 9.17) is 11.6 Å². The van der Waals surface area contributed by atoms with Crippen LogP contribution in [-0.2, 0) is 4.79 Å². The van der Waals surface area contributed by atoms with Gasteiger partial charge in [0.1, 0.15) is 12.6 Å². The van der Waals surface area contributed by atoms with Gasteiger partial charge < -0.3 is 5.32 Å². The molecule has 8 heteroatoms. The van der Waals surface area contributed by atoms with E-state index >= 15 is 0 Å². The number of aromatic nitrogens is 4. The Morgan fingerprint density at radius 3 is 2.45 bits per heavy atom. The van der Waals surface area contributed by atoms with Crippen molar-refractivity contribution >= 4 is 34.8 Å². The molecule has 5 rings (SSSR count). The fourth-order valence-electron chi connectivity index (χ4n) is 3.86. The standard InChI is InChI=1S/C25H21ClN6O/c1-17-7-13-21(14-8-17)27-24(33)16-31-22(19-9-11-20(26)12-10-19)15-23(18-5-3-2-4-6-18)32-25(31)28-29-30-32/h2-15,23H,16H2,1H3,(H,27,33)/t23-/m0/s1. The van der Waals surface area contributed by atoms with E-state index in [0.29, 0.717) is 11.0 Å². The second kappa shape index (κ2) is 8.88. The van der Waals surface area contributed by atoms with Crippen LogP contribution in [0.4, 0.5) is 11.6 Å². The van der Waals surface area contributed by atoms with Crippen LogP contribution in [-0.4, -0.2) is 32.7 Å². The van der Waals surface area contributed by atoms with Crippen LogP contribution in [0.25, 0.3) is 5.70 Å². The maximum absolute atomic E-state index is 13.0. The maximum Gasteiger partial charge on any atom is 0.251 e. The molecule has 1 aromatic heterocycles. The van der Waals surface area contributed by atoms with Crippen LogP contribution in [0.3, 0.4) is 0 Å². The zero-order chi connectivity index (χ0) is 22.8. The maximum atomic E-state index is 13.0. The van der Waals surface area contributed by atoms with Gasteiger partial charge in [0, 0.05) is 10.7 Å². The number of nitrogens with zero attached hydrogens (tertiary/aromatic N) is 5. The van der Waals surface area contributed by atoms with Gasteiger partial charge >= 0.3 is 0 Å². The average molecular weight is 457 g/mol. The highest BCUT2D eigenvalue weighted by molar-refractivity contribution is 6.30. The van der Waals surface area contributed by atoms with Crippen LogP contribution < -0.4 is 10.2 Å². The third-order valence-electron chi connectivity index (χ3n) is 5.51. The molecule has 164 valence electrons. The van der Waals surface area contributed by atoms with Crippen LogP contribution in [0.5, 0.6) is 0 Å². The lowest BCUT2D eigenvalue weighted by molar-refractivity contribution is -0.114. The molecular formula is C25H21ClN6O. The Morgan fingerprint density at radius 1 is 1.00 bits per heavy atom. The summed E-state index contributed by atoms with van der Waals surface area (Å²) in [7, 11) is 0. The van der Waals surface area contributed by atoms with Gasteiger partial charge in [0.05, 0.1) is 5.70 Å². The molecule has 33 heavy (non-hydrogen) atoms. The van der Waals surface area contributed by atoms with Crippen molar-refractivity contribution in [3.05, 3.63) is 107 Å². The fourth-order valence-corrected chi connectivity index (χ4v) is 3.99. The molecule has 1 atom stereocenters. The highest BCUT2D eigenvalue weighted by Gasteiger charge is 2.31. The summed E-state index contributed by atoms with van der Waals surface area (Å²) in [5.41, 5.74) is 4.66. The fraction of sp³-hybridized carbons (Fsp3) is 0.120. The van der Waals surface area contributed by atoms with Crippen molar-refractivity contribution in [2.45, 2.75) is 13.0 Å². The lowest BCUT2D eigenvalue weighted by Crippen LogP contribution is -2.37. The van der Waals surface area contributed by atoms with E-state index in [-0.39, 0.29) is 18.5 Å². The van der Waals surface area contributed by atoms with Crippen LogP contribution in [0.2, 0.25) is 5.02 Å². The van der Waals surface area contributed by atoms with Crippen LogP contribution in [0.1, 0.15) is 22.7 Å². The Bertz CT molecular complexity index is 1300. The second-order valence-electron chi connectivity index (χ2n) is 7.84. The third kappa shape index (κ3) is 4.36. The van der Waals surface area contributed by atoms with E-state index in [1.807, 2.05) is 90.7 Å². The Morgan fingerprint density at radius 2 is 1.73 bits per heavy atom. The highest BCUT2D eigenvalue weighted by Crippen LogP contribution is 2.36. The Hall–Kier alpha value is -3.97. The summed E-state index contributed by atoms with van der Waals surface area (Å²) in [6, 6.07) is 25.0. The van der Waals surface area contributed by atoms with Gasteiger partial charge in [-0.2, -0.15) is 4.68 Å². The molecule has 1 N–H and O–H groups in total. The van der Waals surface area contributed by atoms with Crippen molar-refractivity contribution in [2.24, 2.45) is 0 Å². The SMILES string of the molecule is Cc1ccc(NC(=O)CN2C(c3ccc(Cl)cc3)=C[C@@H](c3ccccc3)n3nnnc32)cc1. The smallest absolute Gasteiger partial charge is 0.251 e. The molecule has 1 aliphatic rings. The molecular weight excluding hydrogens is 436 g/mol. The first-order chi connectivity index (χ1) is 16.1.